The van der Waals surface area contributed by atoms with E-state index in [1.807, 2.05) is 30.3 Å². The molecule has 80 valence electrons. The maximum atomic E-state index is 11.2. The van der Waals surface area contributed by atoms with Gasteiger partial charge in [-0.3, -0.25) is 4.79 Å². The van der Waals surface area contributed by atoms with Crippen molar-refractivity contribution in [2.45, 2.75) is 6.42 Å². The quantitative estimate of drug-likeness (QED) is 0.719. The Balaban J connectivity index is 2.16. The number of rotatable bonds is 6. The monoisotopic (exact) mass is 205 g/mol. The van der Waals surface area contributed by atoms with E-state index in [2.05, 4.69) is 11.9 Å². The summed E-state index contributed by atoms with van der Waals surface area (Å²) in [6.45, 7) is 4.41. The van der Waals surface area contributed by atoms with Gasteiger partial charge in [-0.05, 0) is 12.1 Å². The van der Waals surface area contributed by atoms with Gasteiger partial charge in [0.15, 0.2) is 0 Å². The van der Waals surface area contributed by atoms with E-state index in [4.69, 9.17) is 4.74 Å². The summed E-state index contributed by atoms with van der Waals surface area (Å²) in [6.07, 6.45) is 2.01. The van der Waals surface area contributed by atoms with Crippen molar-refractivity contribution in [1.82, 2.24) is 5.32 Å². The first-order valence-electron chi connectivity index (χ1n) is 4.88. The molecular weight excluding hydrogens is 190 g/mol. The van der Waals surface area contributed by atoms with E-state index < -0.39 is 0 Å². The van der Waals surface area contributed by atoms with Crippen molar-refractivity contribution in [1.29, 1.82) is 0 Å². The number of hydrogen-bond acceptors (Lipinski definition) is 2. The highest BCUT2D eigenvalue weighted by Crippen LogP contribution is 2.08. The van der Waals surface area contributed by atoms with Crippen LogP contribution in [-0.2, 0) is 4.79 Å². The van der Waals surface area contributed by atoms with Crippen molar-refractivity contribution in [2.75, 3.05) is 13.2 Å². The van der Waals surface area contributed by atoms with Crippen LogP contribution in [0.1, 0.15) is 6.42 Å². The normalized spacial score (nSPS) is 9.33. The van der Waals surface area contributed by atoms with Crippen LogP contribution >= 0.6 is 0 Å². The van der Waals surface area contributed by atoms with Crippen molar-refractivity contribution >= 4 is 5.91 Å². The van der Waals surface area contributed by atoms with E-state index in [0.717, 1.165) is 5.75 Å². The third kappa shape index (κ3) is 4.86. The second kappa shape index (κ2) is 6.65. The Morgan fingerprint density at radius 2 is 2.13 bits per heavy atom. The van der Waals surface area contributed by atoms with Gasteiger partial charge in [-0.25, -0.2) is 0 Å². The maximum absolute atomic E-state index is 11.2. The number of nitrogens with one attached hydrogen (secondary N) is 1. The zero-order valence-electron chi connectivity index (χ0n) is 8.61. The summed E-state index contributed by atoms with van der Waals surface area (Å²) in [7, 11) is 0. The first kappa shape index (κ1) is 11.3. The number of ether oxygens (including phenoxy) is 1. The molecule has 0 aliphatic rings. The number of benzene rings is 1. The van der Waals surface area contributed by atoms with Crippen molar-refractivity contribution in [3.05, 3.63) is 43.0 Å². The highest BCUT2D eigenvalue weighted by molar-refractivity contribution is 5.76. The Labute approximate surface area is 89.8 Å². The van der Waals surface area contributed by atoms with Crippen LogP contribution in [0.5, 0.6) is 5.75 Å². The summed E-state index contributed by atoms with van der Waals surface area (Å²) < 4.78 is 5.37. The smallest absolute Gasteiger partial charge is 0.223 e. The van der Waals surface area contributed by atoms with Crippen molar-refractivity contribution < 1.29 is 9.53 Å². The third-order valence-electron chi connectivity index (χ3n) is 1.78. The number of carbonyl (C=O) groups excluding carboxylic acids is 1. The molecule has 15 heavy (non-hydrogen) atoms. The topological polar surface area (TPSA) is 38.3 Å². The molecule has 1 amide bonds. The molecule has 1 aromatic carbocycles. The molecule has 0 unspecified atom stereocenters. The van der Waals surface area contributed by atoms with E-state index >= 15 is 0 Å². The molecule has 0 heterocycles. The average molecular weight is 205 g/mol. The fraction of sp³-hybridized carbons (Fsp3) is 0.250. The third-order valence-corrected chi connectivity index (χ3v) is 1.78. The zero-order chi connectivity index (χ0) is 10.9. The number of carbonyl (C=O) groups is 1. The van der Waals surface area contributed by atoms with Gasteiger partial charge in [-0.15, -0.1) is 6.58 Å². The molecule has 3 heteroatoms. The van der Waals surface area contributed by atoms with E-state index in [-0.39, 0.29) is 5.91 Å². The lowest BCUT2D eigenvalue weighted by Crippen LogP contribution is -2.24. The average Bonchev–Trinajstić information content (AvgIpc) is 2.28. The molecule has 0 radical (unpaired) electrons. The van der Waals surface area contributed by atoms with Crippen molar-refractivity contribution in [3.63, 3.8) is 0 Å². The molecule has 3 nitrogen and oxygen atoms in total. The second-order valence-corrected chi connectivity index (χ2v) is 3.00. The summed E-state index contributed by atoms with van der Waals surface area (Å²) in [5, 5.41) is 2.68. The molecule has 0 fully saturated rings. The first-order chi connectivity index (χ1) is 7.33. The minimum Gasteiger partial charge on any atom is -0.493 e. The lowest BCUT2D eigenvalue weighted by molar-refractivity contribution is -0.121. The minimum atomic E-state index is -0.0224. The summed E-state index contributed by atoms with van der Waals surface area (Å²) in [4.78, 5) is 11.2. The lowest BCUT2D eigenvalue weighted by Gasteiger charge is -2.05. The fourth-order valence-electron chi connectivity index (χ4n) is 1.05. The molecular formula is C12H15NO2. The Bertz CT molecular complexity index is 309. The van der Waals surface area contributed by atoms with Crippen LogP contribution in [-0.4, -0.2) is 19.1 Å². The number of para-hydroxylation sites is 1. The van der Waals surface area contributed by atoms with Gasteiger partial charge in [0.25, 0.3) is 0 Å². The largest absolute Gasteiger partial charge is 0.493 e. The van der Waals surface area contributed by atoms with Crippen LogP contribution in [0.3, 0.4) is 0 Å². The lowest BCUT2D eigenvalue weighted by atomic mass is 10.3. The van der Waals surface area contributed by atoms with Crippen LogP contribution in [0.2, 0.25) is 0 Å². The molecule has 0 spiro atoms. The van der Waals surface area contributed by atoms with Gasteiger partial charge in [0, 0.05) is 6.54 Å². The molecule has 0 atom stereocenters. The maximum Gasteiger partial charge on any atom is 0.223 e. The van der Waals surface area contributed by atoms with Gasteiger partial charge < -0.3 is 10.1 Å². The fourth-order valence-corrected chi connectivity index (χ4v) is 1.05. The predicted octanol–water partition coefficient (Wildman–Crippen LogP) is 1.76. The van der Waals surface area contributed by atoms with Crippen LogP contribution < -0.4 is 10.1 Å². The van der Waals surface area contributed by atoms with Crippen molar-refractivity contribution in [3.8, 4) is 5.75 Å². The van der Waals surface area contributed by atoms with Gasteiger partial charge in [-0.2, -0.15) is 0 Å². The highest BCUT2D eigenvalue weighted by atomic mass is 16.5. The van der Waals surface area contributed by atoms with Gasteiger partial charge in [0.1, 0.15) is 5.75 Å². The molecule has 0 aliphatic carbocycles. The van der Waals surface area contributed by atoms with Gasteiger partial charge in [0.05, 0.1) is 13.0 Å². The molecule has 1 N–H and O–H groups in total. The number of hydrogen-bond donors (Lipinski definition) is 1. The Hall–Kier alpha value is -1.77. The molecule has 0 aromatic heterocycles. The minimum absolute atomic E-state index is 0.0224. The van der Waals surface area contributed by atoms with Crippen LogP contribution in [0.25, 0.3) is 0 Å². The van der Waals surface area contributed by atoms with E-state index in [0.29, 0.717) is 19.6 Å². The van der Waals surface area contributed by atoms with Gasteiger partial charge >= 0.3 is 0 Å². The zero-order valence-corrected chi connectivity index (χ0v) is 8.61. The van der Waals surface area contributed by atoms with Crippen molar-refractivity contribution in [2.24, 2.45) is 0 Å². The summed E-state index contributed by atoms with van der Waals surface area (Å²) in [6, 6.07) is 9.44. The second-order valence-electron chi connectivity index (χ2n) is 3.00. The molecule has 0 aliphatic heterocycles. The first-order valence-corrected chi connectivity index (χ1v) is 4.88. The van der Waals surface area contributed by atoms with Crippen LogP contribution in [0, 0.1) is 0 Å². The van der Waals surface area contributed by atoms with E-state index in [9.17, 15) is 4.79 Å². The summed E-state index contributed by atoms with van der Waals surface area (Å²) in [5.74, 6) is 0.764. The molecule has 0 bridgehead atoms. The Kier molecular flexibility index (Phi) is 5.01. The molecule has 1 aromatic rings. The summed E-state index contributed by atoms with van der Waals surface area (Å²) in [5.41, 5.74) is 0. The molecule has 0 saturated heterocycles. The highest BCUT2D eigenvalue weighted by Gasteiger charge is 1.99. The van der Waals surface area contributed by atoms with Gasteiger partial charge in [0.2, 0.25) is 5.91 Å². The van der Waals surface area contributed by atoms with E-state index in [1.54, 1.807) is 6.08 Å². The Morgan fingerprint density at radius 1 is 1.40 bits per heavy atom. The Morgan fingerprint density at radius 3 is 2.80 bits per heavy atom. The summed E-state index contributed by atoms with van der Waals surface area (Å²) >= 11 is 0. The van der Waals surface area contributed by atoms with Crippen LogP contribution in [0.15, 0.2) is 43.0 Å². The number of amides is 1. The molecule has 0 saturated carbocycles. The van der Waals surface area contributed by atoms with E-state index in [1.165, 1.54) is 0 Å². The molecule has 1 rings (SSSR count). The van der Waals surface area contributed by atoms with Crippen LogP contribution in [0.4, 0.5) is 0 Å². The SMILES string of the molecule is C=CCNC(=O)CCOc1ccccc1. The standard InChI is InChI=1S/C12H15NO2/c1-2-9-13-12(14)8-10-15-11-6-4-3-5-7-11/h2-7H,1,8-10H2,(H,13,14). The van der Waals surface area contributed by atoms with Gasteiger partial charge in [-0.1, -0.05) is 24.3 Å². The predicted molar refractivity (Wildman–Crippen MR) is 59.8 cm³/mol.